The maximum absolute atomic E-state index is 13.6. The lowest BCUT2D eigenvalue weighted by Crippen LogP contribution is -2.53. The zero-order chi connectivity index (χ0) is 25.8. The van der Waals surface area contributed by atoms with Gasteiger partial charge in [0.2, 0.25) is 0 Å². The molecule has 8 heteroatoms. The number of para-hydroxylation sites is 2. The molecule has 3 aromatic carbocycles. The number of nitrogens with zero attached hydrogens (tertiary/aromatic N) is 2. The highest BCUT2D eigenvalue weighted by Gasteiger charge is 2.35. The number of aromatic amines is 2. The smallest absolute Gasteiger partial charge is 0.335 e. The molecule has 0 radical (unpaired) electrons. The van der Waals surface area contributed by atoms with E-state index in [2.05, 4.69) is 20.2 Å². The van der Waals surface area contributed by atoms with Gasteiger partial charge in [-0.05, 0) is 79.4 Å². The number of carboxylic acid groups (broad SMARTS) is 1. The lowest BCUT2D eigenvalue weighted by molar-refractivity contribution is 0.0697. The van der Waals surface area contributed by atoms with Crippen molar-refractivity contribution >= 4 is 33.6 Å². The van der Waals surface area contributed by atoms with Crippen molar-refractivity contribution in [1.29, 1.82) is 0 Å². The average Bonchev–Trinajstić information content (AvgIpc) is 3.37. The van der Waals surface area contributed by atoms with E-state index in [4.69, 9.17) is 4.98 Å². The molecule has 0 unspecified atom stereocenters. The van der Waals surface area contributed by atoms with Crippen molar-refractivity contribution in [2.45, 2.75) is 18.9 Å². The lowest BCUT2D eigenvalue weighted by atomic mass is 9.83. The minimum atomic E-state index is -0.964. The summed E-state index contributed by atoms with van der Waals surface area (Å²) in [6.45, 7) is 3.19. The number of aromatic carboxylic acids is 1. The number of piperidine rings is 3. The molecule has 3 aliphatic rings. The molecule has 5 heterocycles. The number of carbonyl (C=O) groups is 1. The highest BCUT2D eigenvalue weighted by atomic mass is 16.4. The highest BCUT2D eigenvalue weighted by molar-refractivity contribution is 6.01. The molecule has 2 aromatic heterocycles. The average molecular weight is 506 g/mol. The van der Waals surface area contributed by atoms with Crippen LogP contribution < -0.4 is 10.9 Å². The monoisotopic (exact) mass is 505 g/mol. The van der Waals surface area contributed by atoms with Crippen molar-refractivity contribution in [2.24, 2.45) is 5.92 Å². The molecule has 0 aliphatic carbocycles. The first-order valence-electron chi connectivity index (χ1n) is 13.0. The standard InChI is InChI=1S/C30H27N5O3/c36-29-26(28-32-23-6-1-2-7-24(23)33-28)27(31-25-16-35-12-10-17(25)11-13-35)21-15-19(8-9-22(21)34-29)18-4-3-5-20(14-18)30(37)38/h1-9,14-15,17,25H,10-13,16H2,(H,32,33)(H,37,38)(H2,31,34,36)/t25-/m0/s1. The number of benzene rings is 3. The summed E-state index contributed by atoms with van der Waals surface area (Å²) in [6.07, 6.45) is 2.29. The predicted octanol–water partition coefficient (Wildman–Crippen LogP) is 4.94. The second-order valence-corrected chi connectivity index (χ2v) is 10.3. The number of pyridine rings is 1. The summed E-state index contributed by atoms with van der Waals surface area (Å²) in [6, 6.07) is 20.7. The normalized spacial score (nSPS) is 20.7. The number of fused-ring (bicyclic) bond motifs is 5. The molecule has 2 bridgehead atoms. The number of anilines is 1. The van der Waals surface area contributed by atoms with E-state index in [1.54, 1.807) is 18.2 Å². The molecule has 8 rings (SSSR count). The van der Waals surface area contributed by atoms with E-state index in [-0.39, 0.29) is 17.2 Å². The third-order valence-corrected chi connectivity index (χ3v) is 8.07. The van der Waals surface area contributed by atoms with Crippen molar-refractivity contribution in [3.05, 3.63) is 82.6 Å². The van der Waals surface area contributed by atoms with Crippen LogP contribution in [0.2, 0.25) is 0 Å². The Kier molecular flexibility index (Phi) is 5.30. The molecule has 1 atom stereocenters. The van der Waals surface area contributed by atoms with Crippen LogP contribution in [0.3, 0.4) is 0 Å². The summed E-state index contributed by atoms with van der Waals surface area (Å²) < 4.78 is 0. The second-order valence-electron chi connectivity index (χ2n) is 10.3. The van der Waals surface area contributed by atoms with Crippen molar-refractivity contribution < 1.29 is 9.90 Å². The molecule has 8 nitrogen and oxygen atoms in total. The Morgan fingerprint density at radius 3 is 2.53 bits per heavy atom. The summed E-state index contributed by atoms with van der Waals surface area (Å²) in [5, 5.41) is 14.2. The van der Waals surface area contributed by atoms with Crippen LogP contribution in [-0.4, -0.2) is 56.6 Å². The molecule has 4 N–H and O–H groups in total. The number of hydrogen-bond acceptors (Lipinski definition) is 5. The fraction of sp³-hybridized carbons (Fsp3) is 0.233. The summed E-state index contributed by atoms with van der Waals surface area (Å²) in [4.78, 5) is 38.8. The third-order valence-electron chi connectivity index (χ3n) is 8.07. The van der Waals surface area contributed by atoms with Gasteiger partial charge >= 0.3 is 5.97 Å². The maximum atomic E-state index is 13.6. The molecular weight excluding hydrogens is 478 g/mol. The zero-order valence-corrected chi connectivity index (χ0v) is 20.7. The molecule has 38 heavy (non-hydrogen) atoms. The van der Waals surface area contributed by atoms with Gasteiger partial charge in [0.1, 0.15) is 11.4 Å². The molecule has 3 fully saturated rings. The number of aromatic nitrogens is 3. The molecule has 3 saturated heterocycles. The molecule has 5 aromatic rings. The SMILES string of the molecule is O=C(O)c1cccc(-c2ccc3[nH]c(=O)c(-c4nc5ccccc5[nH]4)c(N[C@H]4CN5CCC4CC5)c3c2)c1. The van der Waals surface area contributed by atoms with E-state index < -0.39 is 5.97 Å². The van der Waals surface area contributed by atoms with Crippen LogP contribution in [-0.2, 0) is 0 Å². The number of hydrogen-bond donors (Lipinski definition) is 4. The quantitative estimate of drug-likeness (QED) is 0.269. The number of nitrogens with one attached hydrogen (secondary N) is 3. The largest absolute Gasteiger partial charge is 0.478 e. The van der Waals surface area contributed by atoms with Gasteiger partial charge in [0.25, 0.3) is 5.56 Å². The Bertz CT molecular complexity index is 1730. The van der Waals surface area contributed by atoms with Crippen LogP contribution in [0, 0.1) is 5.92 Å². The van der Waals surface area contributed by atoms with Gasteiger partial charge in [-0.2, -0.15) is 0 Å². The van der Waals surface area contributed by atoms with Gasteiger partial charge in [-0.3, -0.25) is 4.79 Å². The van der Waals surface area contributed by atoms with E-state index in [1.807, 2.05) is 48.5 Å². The Balaban J connectivity index is 1.44. The first-order valence-corrected chi connectivity index (χ1v) is 13.0. The molecular formula is C30H27N5O3. The molecule has 0 saturated carbocycles. The zero-order valence-electron chi connectivity index (χ0n) is 20.7. The van der Waals surface area contributed by atoms with Crippen molar-refractivity contribution in [3.63, 3.8) is 0 Å². The summed E-state index contributed by atoms with van der Waals surface area (Å²) in [7, 11) is 0. The van der Waals surface area contributed by atoms with Crippen molar-refractivity contribution in [3.8, 4) is 22.5 Å². The van der Waals surface area contributed by atoms with Gasteiger partial charge in [-0.25, -0.2) is 9.78 Å². The van der Waals surface area contributed by atoms with E-state index in [0.29, 0.717) is 17.3 Å². The van der Waals surface area contributed by atoms with Crippen LogP contribution in [0.25, 0.3) is 44.5 Å². The first-order chi connectivity index (χ1) is 18.5. The Labute approximate surface area is 218 Å². The van der Waals surface area contributed by atoms with E-state index in [0.717, 1.165) is 71.2 Å². The Hall–Kier alpha value is -4.43. The fourth-order valence-corrected chi connectivity index (χ4v) is 6.07. The molecule has 3 aliphatic heterocycles. The van der Waals surface area contributed by atoms with Gasteiger partial charge in [-0.15, -0.1) is 0 Å². The van der Waals surface area contributed by atoms with E-state index >= 15 is 0 Å². The number of imidazole rings is 1. The highest BCUT2D eigenvalue weighted by Crippen LogP contribution is 2.37. The number of rotatable bonds is 5. The van der Waals surface area contributed by atoms with Crippen LogP contribution in [0.15, 0.2) is 71.5 Å². The maximum Gasteiger partial charge on any atom is 0.335 e. The third kappa shape index (κ3) is 3.85. The van der Waals surface area contributed by atoms with Gasteiger partial charge < -0.3 is 25.3 Å². The lowest BCUT2D eigenvalue weighted by Gasteiger charge is -2.45. The molecule has 190 valence electrons. The van der Waals surface area contributed by atoms with Crippen LogP contribution in [0.1, 0.15) is 23.2 Å². The number of carboxylic acids is 1. The van der Waals surface area contributed by atoms with E-state index in [9.17, 15) is 14.7 Å². The van der Waals surface area contributed by atoms with Crippen LogP contribution in [0.4, 0.5) is 5.69 Å². The predicted molar refractivity (Wildman–Crippen MR) is 149 cm³/mol. The fourth-order valence-electron chi connectivity index (χ4n) is 6.07. The van der Waals surface area contributed by atoms with Crippen LogP contribution in [0.5, 0.6) is 0 Å². The van der Waals surface area contributed by atoms with Gasteiger partial charge in [0.05, 0.1) is 27.8 Å². The van der Waals surface area contributed by atoms with Crippen molar-refractivity contribution in [1.82, 2.24) is 19.9 Å². The first kappa shape index (κ1) is 22.7. The van der Waals surface area contributed by atoms with Crippen LogP contribution >= 0.6 is 0 Å². The topological polar surface area (TPSA) is 114 Å². The van der Waals surface area contributed by atoms with Gasteiger partial charge in [0.15, 0.2) is 0 Å². The van der Waals surface area contributed by atoms with Gasteiger partial charge in [0, 0.05) is 18.0 Å². The molecule has 0 amide bonds. The minimum absolute atomic E-state index is 0.207. The Morgan fingerprint density at radius 1 is 0.947 bits per heavy atom. The van der Waals surface area contributed by atoms with Crippen molar-refractivity contribution in [2.75, 3.05) is 25.0 Å². The summed E-state index contributed by atoms with van der Waals surface area (Å²) >= 11 is 0. The minimum Gasteiger partial charge on any atom is -0.478 e. The second kappa shape index (κ2) is 8.85. The number of H-pyrrole nitrogens is 2. The van der Waals surface area contributed by atoms with E-state index in [1.165, 1.54) is 0 Å². The van der Waals surface area contributed by atoms with Gasteiger partial charge in [-0.1, -0.05) is 30.3 Å². The Morgan fingerprint density at radius 2 is 1.76 bits per heavy atom. The summed E-state index contributed by atoms with van der Waals surface area (Å²) in [5.74, 6) is 0.110. The molecule has 0 spiro atoms. The summed E-state index contributed by atoms with van der Waals surface area (Å²) in [5.41, 5.74) is 5.34.